The Morgan fingerprint density at radius 1 is 1.21 bits per heavy atom. The zero-order chi connectivity index (χ0) is 20.8. The molecular formula is C18H21N5O4S2. The number of nitrogens with one attached hydrogen (secondary N) is 2. The zero-order valence-electron chi connectivity index (χ0n) is 16.0. The second kappa shape index (κ2) is 6.99. The fourth-order valence-corrected chi connectivity index (χ4v) is 6.70. The first kappa shape index (κ1) is 19.6. The van der Waals surface area contributed by atoms with E-state index in [9.17, 15) is 16.8 Å². The number of sulfonamides is 1. The predicted octanol–water partition coefficient (Wildman–Crippen LogP) is 2.05. The second-order valence-corrected chi connectivity index (χ2v) is 11.0. The molecule has 0 bridgehead atoms. The van der Waals surface area contributed by atoms with Gasteiger partial charge in [-0.05, 0) is 20.3 Å². The smallest absolute Gasteiger partial charge is 0.266 e. The first-order chi connectivity index (χ1) is 13.7. The molecule has 29 heavy (non-hydrogen) atoms. The number of aromatic nitrogens is 4. The molecule has 9 nitrogen and oxygen atoms in total. The van der Waals surface area contributed by atoms with E-state index in [1.54, 1.807) is 19.9 Å². The highest BCUT2D eigenvalue weighted by Crippen LogP contribution is 2.31. The molecule has 11 heteroatoms. The minimum absolute atomic E-state index is 0.0599. The summed E-state index contributed by atoms with van der Waals surface area (Å²) in [7, 11) is -7.10. The van der Waals surface area contributed by atoms with Gasteiger partial charge >= 0.3 is 0 Å². The first-order valence-corrected chi connectivity index (χ1v) is 12.4. The summed E-state index contributed by atoms with van der Waals surface area (Å²) in [5.41, 5.74) is 2.15. The fraction of sp³-hybridized carbons (Fsp3) is 0.333. The summed E-state index contributed by atoms with van der Waals surface area (Å²) in [6, 6.07) is 10.5. The largest absolute Gasteiger partial charge is 0.281 e. The van der Waals surface area contributed by atoms with Crippen molar-refractivity contribution in [1.82, 2.24) is 20.0 Å². The lowest BCUT2D eigenvalue weighted by Gasteiger charge is -2.14. The molecule has 154 valence electrons. The molecule has 1 fully saturated rings. The van der Waals surface area contributed by atoms with Crippen LogP contribution in [0.4, 0.5) is 5.82 Å². The van der Waals surface area contributed by atoms with Crippen molar-refractivity contribution in [2.45, 2.75) is 31.2 Å². The summed E-state index contributed by atoms with van der Waals surface area (Å²) in [6.07, 6.45) is 0.386. The van der Waals surface area contributed by atoms with Gasteiger partial charge in [-0.2, -0.15) is 10.2 Å². The predicted molar refractivity (Wildman–Crippen MR) is 109 cm³/mol. The monoisotopic (exact) mass is 435 g/mol. The number of sulfone groups is 1. The molecule has 1 aliphatic rings. The highest BCUT2D eigenvalue weighted by Gasteiger charge is 2.33. The van der Waals surface area contributed by atoms with Gasteiger partial charge in [-0.25, -0.2) is 21.5 Å². The summed E-state index contributed by atoms with van der Waals surface area (Å²) in [5.74, 6) is 0.220. The maximum Gasteiger partial charge on any atom is 0.266 e. The van der Waals surface area contributed by atoms with E-state index in [1.165, 1.54) is 4.68 Å². The third-order valence-electron chi connectivity index (χ3n) is 4.93. The highest BCUT2D eigenvalue weighted by atomic mass is 32.2. The molecule has 3 heterocycles. The number of aryl methyl sites for hydroxylation is 2. The molecule has 1 aliphatic heterocycles. The van der Waals surface area contributed by atoms with Gasteiger partial charge in [0.05, 0.1) is 34.6 Å². The van der Waals surface area contributed by atoms with Gasteiger partial charge in [0.15, 0.2) is 9.84 Å². The van der Waals surface area contributed by atoms with E-state index >= 15 is 0 Å². The van der Waals surface area contributed by atoms with Crippen molar-refractivity contribution in [2.24, 2.45) is 0 Å². The molecule has 0 spiro atoms. The van der Waals surface area contributed by atoms with E-state index in [-0.39, 0.29) is 22.2 Å². The maximum absolute atomic E-state index is 13.0. The Hall–Kier alpha value is -2.66. The van der Waals surface area contributed by atoms with Crippen LogP contribution in [0.5, 0.6) is 0 Å². The number of nitrogens with zero attached hydrogens (tertiary/aromatic N) is 3. The fourth-order valence-electron chi connectivity index (χ4n) is 3.59. The van der Waals surface area contributed by atoms with Crippen LogP contribution >= 0.6 is 0 Å². The molecule has 0 radical (unpaired) electrons. The molecule has 2 aromatic heterocycles. The number of rotatable bonds is 5. The molecule has 0 aliphatic carbocycles. The second-order valence-electron chi connectivity index (χ2n) is 7.15. The van der Waals surface area contributed by atoms with E-state index in [2.05, 4.69) is 20.0 Å². The molecule has 4 rings (SSSR count). The Balaban J connectivity index is 1.78. The van der Waals surface area contributed by atoms with Gasteiger partial charge in [0, 0.05) is 11.6 Å². The average Bonchev–Trinajstić information content (AvgIpc) is 3.32. The van der Waals surface area contributed by atoms with Crippen LogP contribution in [-0.2, 0) is 19.9 Å². The normalized spacial score (nSPS) is 18.8. The van der Waals surface area contributed by atoms with Gasteiger partial charge in [-0.15, -0.1) is 0 Å². The third-order valence-corrected chi connectivity index (χ3v) is 8.30. The van der Waals surface area contributed by atoms with Gasteiger partial charge in [-0.3, -0.25) is 9.82 Å². The van der Waals surface area contributed by atoms with Crippen LogP contribution in [0.25, 0.3) is 11.3 Å². The van der Waals surface area contributed by atoms with Crippen LogP contribution in [0.3, 0.4) is 0 Å². The van der Waals surface area contributed by atoms with Crippen molar-refractivity contribution in [3.63, 3.8) is 0 Å². The molecule has 0 unspecified atom stereocenters. The Bertz CT molecular complexity index is 1240. The van der Waals surface area contributed by atoms with Crippen molar-refractivity contribution in [2.75, 3.05) is 16.2 Å². The van der Waals surface area contributed by atoms with E-state index < -0.39 is 25.9 Å². The number of hydrogen-bond donors (Lipinski definition) is 2. The standard InChI is InChI=1S/C18H21N5O4S2/c1-12-18(13(2)20-19-12)29(26,27)22-17-10-16(14-6-4-3-5-7-14)21-23(17)15-8-9-28(24,25)11-15/h3-7,10,15,22H,8-9,11H2,1-2H3,(H,19,20)/t15-/m0/s1. The number of H-pyrrole nitrogens is 1. The molecule has 1 aromatic carbocycles. The minimum Gasteiger partial charge on any atom is -0.281 e. The van der Waals surface area contributed by atoms with E-state index in [4.69, 9.17) is 0 Å². The van der Waals surface area contributed by atoms with Crippen LogP contribution in [-0.4, -0.2) is 48.3 Å². The molecule has 0 saturated carbocycles. The number of hydrogen-bond acceptors (Lipinski definition) is 6. The minimum atomic E-state index is -3.94. The zero-order valence-corrected chi connectivity index (χ0v) is 17.6. The summed E-state index contributed by atoms with van der Waals surface area (Å²) in [6.45, 7) is 3.24. The van der Waals surface area contributed by atoms with Crippen molar-refractivity contribution in [3.05, 3.63) is 47.8 Å². The first-order valence-electron chi connectivity index (χ1n) is 9.06. The maximum atomic E-state index is 13.0. The Kier molecular flexibility index (Phi) is 4.74. The lowest BCUT2D eigenvalue weighted by molar-refractivity contribution is 0.507. The summed E-state index contributed by atoms with van der Waals surface area (Å²) in [5, 5.41) is 11.2. The molecule has 1 atom stereocenters. The van der Waals surface area contributed by atoms with Gasteiger partial charge in [-0.1, -0.05) is 30.3 Å². The van der Waals surface area contributed by atoms with Gasteiger partial charge in [0.1, 0.15) is 10.7 Å². The van der Waals surface area contributed by atoms with Crippen molar-refractivity contribution >= 4 is 25.7 Å². The van der Waals surface area contributed by atoms with Crippen LogP contribution in [0.2, 0.25) is 0 Å². The summed E-state index contributed by atoms with van der Waals surface area (Å²) < 4.78 is 54.0. The van der Waals surface area contributed by atoms with Crippen LogP contribution in [0, 0.1) is 13.8 Å². The Labute approximate surface area is 169 Å². The number of aromatic amines is 1. The third kappa shape index (κ3) is 3.79. The molecule has 1 saturated heterocycles. The Morgan fingerprint density at radius 3 is 2.52 bits per heavy atom. The molecule has 2 N–H and O–H groups in total. The van der Waals surface area contributed by atoms with Crippen molar-refractivity contribution in [3.8, 4) is 11.3 Å². The number of benzene rings is 1. The summed E-state index contributed by atoms with van der Waals surface area (Å²) >= 11 is 0. The van der Waals surface area contributed by atoms with Crippen molar-refractivity contribution in [1.29, 1.82) is 0 Å². The average molecular weight is 436 g/mol. The SMILES string of the molecule is Cc1n[nH]c(C)c1S(=O)(=O)Nc1cc(-c2ccccc2)nn1[C@H]1CCS(=O)(=O)C1. The van der Waals surface area contributed by atoms with Gasteiger partial charge in [0.2, 0.25) is 0 Å². The topological polar surface area (TPSA) is 127 Å². The van der Waals surface area contributed by atoms with Crippen LogP contribution in [0.1, 0.15) is 23.9 Å². The molecular weight excluding hydrogens is 414 g/mol. The highest BCUT2D eigenvalue weighted by molar-refractivity contribution is 7.92. The quantitative estimate of drug-likeness (QED) is 0.631. The van der Waals surface area contributed by atoms with Crippen LogP contribution in [0.15, 0.2) is 41.3 Å². The van der Waals surface area contributed by atoms with E-state index in [1.807, 2.05) is 30.3 Å². The van der Waals surface area contributed by atoms with E-state index in [0.29, 0.717) is 23.5 Å². The lowest BCUT2D eigenvalue weighted by atomic mass is 10.2. The van der Waals surface area contributed by atoms with Crippen LogP contribution < -0.4 is 4.72 Å². The number of anilines is 1. The molecule has 0 amide bonds. The van der Waals surface area contributed by atoms with E-state index in [0.717, 1.165) is 5.56 Å². The Morgan fingerprint density at radius 2 is 1.93 bits per heavy atom. The summed E-state index contributed by atoms with van der Waals surface area (Å²) in [4.78, 5) is 0.0746. The van der Waals surface area contributed by atoms with Gasteiger partial charge < -0.3 is 0 Å². The van der Waals surface area contributed by atoms with Gasteiger partial charge in [0.25, 0.3) is 10.0 Å². The van der Waals surface area contributed by atoms with Crippen molar-refractivity contribution < 1.29 is 16.8 Å². The lowest BCUT2D eigenvalue weighted by Crippen LogP contribution is -2.20. The molecule has 3 aromatic rings.